The third-order valence-corrected chi connectivity index (χ3v) is 3.61. The summed E-state index contributed by atoms with van der Waals surface area (Å²) in [6, 6.07) is 4.38. The standard InChI is InChI=1S/C15H24N2O/c1-12(2)10-17(14-5-3-4-6-14)11-13-7-8-15(18)9-16-13/h7-9,12,14,18H,3-6,10-11H2,1-2H3. The third-order valence-electron chi connectivity index (χ3n) is 3.61. The lowest BCUT2D eigenvalue weighted by atomic mass is 10.1. The lowest BCUT2D eigenvalue weighted by Crippen LogP contribution is -2.35. The fourth-order valence-electron chi connectivity index (χ4n) is 2.80. The minimum atomic E-state index is 0.245. The zero-order valence-corrected chi connectivity index (χ0v) is 11.5. The van der Waals surface area contributed by atoms with Crippen molar-refractivity contribution in [1.29, 1.82) is 0 Å². The number of nitrogens with zero attached hydrogens (tertiary/aromatic N) is 2. The van der Waals surface area contributed by atoms with Crippen molar-refractivity contribution in [1.82, 2.24) is 9.88 Å². The molecule has 0 saturated heterocycles. The second-order valence-corrected chi connectivity index (χ2v) is 5.77. The first kappa shape index (κ1) is 13.3. The maximum absolute atomic E-state index is 9.27. The van der Waals surface area contributed by atoms with E-state index in [-0.39, 0.29) is 5.75 Å². The Labute approximate surface area is 110 Å². The van der Waals surface area contributed by atoms with Gasteiger partial charge >= 0.3 is 0 Å². The minimum absolute atomic E-state index is 0.245. The Morgan fingerprint density at radius 2 is 2.06 bits per heavy atom. The molecular formula is C15H24N2O. The van der Waals surface area contributed by atoms with Gasteiger partial charge in [-0.2, -0.15) is 0 Å². The molecule has 0 atom stereocenters. The van der Waals surface area contributed by atoms with Crippen molar-refractivity contribution in [2.45, 2.75) is 52.1 Å². The van der Waals surface area contributed by atoms with Crippen LogP contribution in [0.3, 0.4) is 0 Å². The highest BCUT2D eigenvalue weighted by Crippen LogP contribution is 2.25. The summed E-state index contributed by atoms with van der Waals surface area (Å²) in [6.45, 7) is 6.58. The van der Waals surface area contributed by atoms with E-state index in [1.165, 1.54) is 31.9 Å². The molecule has 0 unspecified atom stereocenters. The molecule has 1 heterocycles. The summed E-state index contributed by atoms with van der Waals surface area (Å²) >= 11 is 0. The topological polar surface area (TPSA) is 36.4 Å². The van der Waals surface area contributed by atoms with Crippen LogP contribution in [0.1, 0.15) is 45.2 Å². The van der Waals surface area contributed by atoms with Crippen LogP contribution in [0.15, 0.2) is 18.3 Å². The van der Waals surface area contributed by atoms with Gasteiger partial charge in [-0.05, 0) is 30.9 Å². The van der Waals surface area contributed by atoms with Gasteiger partial charge in [0.25, 0.3) is 0 Å². The molecule has 1 fully saturated rings. The molecule has 1 saturated carbocycles. The normalized spacial score (nSPS) is 16.9. The molecule has 0 radical (unpaired) electrons. The first-order valence-corrected chi connectivity index (χ1v) is 7.03. The van der Waals surface area contributed by atoms with Gasteiger partial charge in [-0.15, -0.1) is 0 Å². The monoisotopic (exact) mass is 248 g/mol. The summed E-state index contributed by atoms with van der Waals surface area (Å²) in [5.74, 6) is 0.928. The summed E-state index contributed by atoms with van der Waals surface area (Å²) in [6.07, 6.45) is 6.91. The van der Waals surface area contributed by atoms with Gasteiger partial charge < -0.3 is 5.11 Å². The number of aromatic hydroxyl groups is 1. The van der Waals surface area contributed by atoms with E-state index in [0.717, 1.165) is 24.8 Å². The van der Waals surface area contributed by atoms with E-state index in [1.807, 2.05) is 6.07 Å². The lowest BCUT2D eigenvalue weighted by molar-refractivity contribution is 0.166. The van der Waals surface area contributed by atoms with Gasteiger partial charge in [-0.3, -0.25) is 9.88 Å². The molecule has 0 spiro atoms. The average molecular weight is 248 g/mol. The highest BCUT2D eigenvalue weighted by atomic mass is 16.3. The summed E-state index contributed by atoms with van der Waals surface area (Å²) in [4.78, 5) is 6.87. The van der Waals surface area contributed by atoms with E-state index in [2.05, 4.69) is 23.7 Å². The number of rotatable bonds is 5. The van der Waals surface area contributed by atoms with Crippen LogP contribution in [0.2, 0.25) is 0 Å². The summed E-state index contributed by atoms with van der Waals surface area (Å²) in [7, 11) is 0. The maximum Gasteiger partial charge on any atom is 0.133 e. The number of aromatic nitrogens is 1. The molecule has 3 heteroatoms. The van der Waals surface area contributed by atoms with Crippen molar-refractivity contribution in [2.75, 3.05) is 6.54 Å². The van der Waals surface area contributed by atoms with E-state index in [0.29, 0.717) is 5.92 Å². The zero-order valence-electron chi connectivity index (χ0n) is 11.5. The molecule has 1 aromatic heterocycles. The van der Waals surface area contributed by atoms with E-state index in [4.69, 9.17) is 0 Å². The first-order valence-electron chi connectivity index (χ1n) is 7.03. The van der Waals surface area contributed by atoms with E-state index in [1.54, 1.807) is 6.07 Å². The molecule has 1 aliphatic carbocycles. The average Bonchev–Trinajstić information content (AvgIpc) is 2.84. The molecule has 3 nitrogen and oxygen atoms in total. The summed E-state index contributed by atoms with van der Waals surface area (Å²) in [5.41, 5.74) is 1.06. The smallest absolute Gasteiger partial charge is 0.133 e. The molecule has 18 heavy (non-hydrogen) atoms. The Morgan fingerprint density at radius 3 is 2.61 bits per heavy atom. The molecule has 1 aromatic rings. The molecule has 0 aliphatic heterocycles. The highest BCUT2D eigenvalue weighted by molar-refractivity contribution is 5.17. The maximum atomic E-state index is 9.27. The van der Waals surface area contributed by atoms with E-state index < -0.39 is 0 Å². The molecule has 2 rings (SSSR count). The minimum Gasteiger partial charge on any atom is -0.506 e. The Morgan fingerprint density at radius 1 is 1.33 bits per heavy atom. The van der Waals surface area contributed by atoms with Crippen LogP contribution in [0, 0.1) is 5.92 Å². The Hall–Kier alpha value is -1.09. The largest absolute Gasteiger partial charge is 0.506 e. The SMILES string of the molecule is CC(C)CN(Cc1ccc(O)cn1)C1CCCC1. The quantitative estimate of drug-likeness (QED) is 0.869. The van der Waals surface area contributed by atoms with Crippen molar-refractivity contribution in [2.24, 2.45) is 5.92 Å². The number of pyridine rings is 1. The number of hydrogen-bond acceptors (Lipinski definition) is 3. The summed E-state index contributed by atoms with van der Waals surface area (Å²) < 4.78 is 0. The van der Waals surface area contributed by atoms with E-state index in [9.17, 15) is 5.11 Å². The van der Waals surface area contributed by atoms with Crippen LogP contribution in [-0.4, -0.2) is 27.6 Å². The molecule has 1 N–H and O–H groups in total. The van der Waals surface area contributed by atoms with Gasteiger partial charge in [0.15, 0.2) is 0 Å². The molecule has 1 aliphatic rings. The zero-order chi connectivity index (χ0) is 13.0. The fourth-order valence-corrected chi connectivity index (χ4v) is 2.80. The predicted octanol–water partition coefficient (Wildman–Crippen LogP) is 3.19. The lowest BCUT2D eigenvalue weighted by Gasteiger charge is -2.30. The van der Waals surface area contributed by atoms with Crippen LogP contribution >= 0.6 is 0 Å². The van der Waals surface area contributed by atoms with Gasteiger partial charge in [0.1, 0.15) is 5.75 Å². The van der Waals surface area contributed by atoms with Crippen molar-refractivity contribution < 1.29 is 5.11 Å². The second-order valence-electron chi connectivity index (χ2n) is 5.77. The summed E-state index contributed by atoms with van der Waals surface area (Å²) in [5, 5.41) is 9.27. The predicted molar refractivity (Wildman–Crippen MR) is 73.4 cm³/mol. The van der Waals surface area contributed by atoms with Crippen molar-refractivity contribution >= 4 is 0 Å². The molecular weight excluding hydrogens is 224 g/mol. The van der Waals surface area contributed by atoms with Crippen molar-refractivity contribution in [3.8, 4) is 5.75 Å². The van der Waals surface area contributed by atoms with Crippen LogP contribution in [0.25, 0.3) is 0 Å². The Kier molecular flexibility index (Phi) is 4.59. The number of hydrogen-bond donors (Lipinski definition) is 1. The Balaban J connectivity index is 2.01. The van der Waals surface area contributed by atoms with Gasteiger partial charge in [0, 0.05) is 19.1 Å². The molecule has 0 aromatic carbocycles. The van der Waals surface area contributed by atoms with Gasteiger partial charge in [-0.25, -0.2) is 0 Å². The molecule has 100 valence electrons. The van der Waals surface area contributed by atoms with E-state index >= 15 is 0 Å². The Bertz CT molecular complexity index is 355. The first-order chi connectivity index (χ1) is 8.65. The second kappa shape index (κ2) is 6.19. The van der Waals surface area contributed by atoms with Gasteiger partial charge in [-0.1, -0.05) is 26.7 Å². The van der Waals surface area contributed by atoms with Gasteiger partial charge in [0.05, 0.1) is 11.9 Å². The third kappa shape index (κ3) is 3.70. The van der Waals surface area contributed by atoms with Crippen LogP contribution < -0.4 is 0 Å². The molecule has 0 amide bonds. The molecule has 0 bridgehead atoms. The van der Waals surface area contributed by atoms with Crippen LogP contribution in [-0.2, 0) is 6.54 Å². The van der Waals surface area contributed by atoms with Crippen LogP contribution in [0.5, 0.6) is 5.75 Å². The van der Waals surface area contributed by atoms with Gasteiger partial charge in [0.2, 0.25) is 0 Å². The fraction of sp³-hybridized carbons (Fsp3) is 0.667. The van der Waals surface area contributed by atoms with Crippen LogP contribution in [0.4, 0.5) is 0 Å². The van der Waals surface area contributed by atoms with Crippen molar-refractivity contribution in [3.63, 3.8) is 0 Å². The van der Waals surface area contributed by atoms with Crippen molar-refractivity contribution in [3.05, 3.63) is 24.0 Å². The highest BCUT2D eigenvalue weighted by Gasteiger charge is 2.23.